The number of carbonyl (C=O) groups is 1. The van der Waals surface area contributed by atoms with Gasteiger partial charge in [0.15, 0.2) is 0 Å². The zero-order chi connectivity index (χ0) is 9.78. The maximum absolute atomic E-state index is 11.3. The third-order valence-electron chi connectivity index (χ3n) is 1.71. The number of alkyl halides is 1. The molecule has 0 aromatic heterocycles. The summed E-state index contributed by atoms with van der Waals surface area (Å²) in [6, 6.07) is 0. The highest BCUT2D eigenvalue weighted by Gasteiger charge is 2.23. The smallest absolute Gasteiger partial charge is 0.309 e. The van der Waals surface area contributed by atoms with Crippen LogP contribution in [0.3, 0.4) is 0 Å². The Balaban J connectivity index is 4.00. The van der Waals surface area contributed by atoms with Gasteiger partial charge >= 0.3 is 5.97 Å². The lowest BCUT2D eigenvalue weighted by molar-refractivity contribution is -0.158. The van der Waals surface area contributed by atoms with E-state index in [0.29, 0.717) is 0 Å². The number of rotatable bonds is 4. The Kier molecular flexibility index (Phi) is 5.13. The summed E-state index contributed by atoms with van der Waals surface area (Å²) in [4.78, 5) is 11.3. The summed E-state index contributed by atoms with van der Waals surface area (Å²) in [6.45, 7) is 7.74. The van der Waals surface area contributed by atoms with Gasteiger partial charge in [-0.3, -0.25) is 4.79 Å². The highest BCUT2D eigenvalue weighted by Crippen LogP contribution is 2.16. The fourth-order valence-electron chi connectivity index (χ4n) is 0.567. The molecule has 0 aliphatic carbocycles. The molecule has 0 saturated carbocycles. The highest BCUT2D eigenvalue weighted by molar-refractivity contribution is 14.1. The first-order chi connectivity index (χ1) is 5.43. The molecule has 72 valence electrons. The molecular weight excluding hydrogens is 267 g/mol. The summed E-state index contributed by atoms with van der Waals surface area (Å²) >= 11 is 2.22. The number of ether oxygens (including phenoxy) is 1. The van der Waals surface area contributed by atoms with Crippen LogP contribution in [0.1, 0.15) is 34.1 Å². The van der Waals surface area contributed by atoms with E-state index in [9.17, 15) is 4.79 Å². The molecule has 0 heterocycles. The summed E-state index contributed by atoms with van der Waals surface area (Å²) in [7, 11) is 0. The second kappa shape index (κ2) is 5.04. The van der Waals surface area contributed by atoms with Crippen LogP contribution in [0.5, 0.6) is 0 Å². The van der Waals surface area contributed by atoms with Gasteiger partial charge in [0.05, 0.1) is 5.92 Å². The number of hydrogen-bond acceptors (Lipinski definition) is 2. The van der Waals surface area contributed by atoms with Crippen LogP contribution in [-0.4, -0.2) is 16.0 Å². The predicted octanol–water partition coefficient (Wildman–Crippen LogP) is 2.79. The fraction of sp³-hybridized carbons (Fsp3) is 0.889. The van der Waals surface area contributed by atoms with Crippen molar-refractivity contribution in [3.05, 3.63) is 0 Å². The van der Waals surface area contributed by atoms with Crippen molar-refractivity contribution in [2.45, 2.75) is 39.7 Å². The summed E-state index contributed by atoms with van der Waals surface area (Å²) < 4.78 is 6.12. The summed E-state index contributed by atoms with van der Waals surface area (Å²) in [5.74, 6) is -0.0635. The second-order valence-electron chi connectivity index (χ2n) is 3.62. The lowest BCUT2D eigenvalue weighted by Crippen LogP contribution is -2.32. The predicted molar refractivity (Wildman–Crippen MR) is 58.5 cm³/mol. The maximum atomic E-state index is 11.3. The Hall–Kier alpha value is 0.200. The molecule has 0 saturated heterocycles. The first-order valence-corrected chi connectivity index (χ1v) is 5.74. The number of esters is 1. The molecular formula is C9H17IO2. The molecule has 0 N–H and O–H groups in total. The van der Waals surface area contributed by atoms with Crippen molar-refractivity contribution < 1.29 is 9.53 Å². The number of hydrogen-bond donors (Lipinski definition) is 0. The Morgan fingerprint density at radius 3 is 2.42 bits per heavy atom. The van der Waals surface area contributed by atoms with Crippen LogP contribution in [0.4, 0.5) is 0 Å². The van der Waals surface area contributed by atoms with Crippen molar-refractivity contribution in [3.8, 4) is 0 Å². The van der Waals surface area contributed by atoms with Crippen LogP contribution >= 0.6 is 22.6 Å². The largest absolute Gasteiger partial charge is 0.459 e. The Labute approximate surface area is 88.2 Å². The minimum Gasteiger partial charge on any atom is -0.459 e. The molecule has 0 aromatic carbocycles. The summed E-state index contributed by atoms with van der Waals surface area (Å²) in [5, 5.41) is 0. The van der Waals surface area contributed by atoms with E-state index in [1.807, 2.05) is 27.7 Å². The lowest BCUT2D eigenvalue weighted by atomic mass is 10.1. The molecule has 0 amide bonds. The van der Waals surface area contributed by atoms with Gasteiger partial charge in [0.1, 0.15) is 5.60 Å². The monoisotopic (exact) mass is 284 g/mol. The first-order valence-electron chi connectivity index (χ1n) is 4.21. The molecule has 12 heavy (non-hydrogen) atoms. The summed E-state index contributed by atoms with van der Waals surface area (Å²) in [6.07, 6.45) is 0.843. The topological polar surface area (TPSA) is 26.3 Å². The van der Waals surface area contributed by atoms with Crippen molar-refractivity contribution in [3.63, 3.8) is 0 Å². The van der Waals surface area contributed by atoms with Gasteiger partial charge in [-0.15, -0.1) is 0 Å². The van der Waals surface area contributed by atoms with Crippen LogP contribution < -0.4 is 0 Å². The van der Waals surface area contributed by atoms with Crippen LogP contribution in [0.15, 0.2) is 0 Å². The molecule has 0 rings (SSSR count). The van der Waals surface area contributed by atoms with Crippen LogP contribution in [0.2, 0.25) is 0 Å². The van der Waals surface area contributed by atoms with E-state index in [4.69, 9.17) is 4.74 Å². The standard InChI is InChI=1S/C9H17IO2/c1-5-7(2)8(11)12-9(3,4)6-10/h7H,5-6H2,1-4H3. The highest BCUT2D eigenvalue weighted by atomic mass is 127. The zero-order valence-electron chi connectivity index (χ0n) is 8.19. The Bertz CT molecular complexity index is 155. The van der Waals surface area contributed by atoms with Gasteiger partial charge in [-0.1, -0.05) is 36.4 Å². The van der Waals surface area contributed by atoms with Gasteiger partial charge in [0.2, 0.25) is 0 Å². The molecule has 3 heteroatoms. The summed E-state index contributed by atoms with van der Waals surface area (Å²) in [5.41, 5.74) is -0.318. The van der Waals surface area contributed by atoms with Crippen molar-refractivity contribution >= 4 is 28.6 Å². The van der Waals surface area contributed by atoms with Gasteiger partial charge in [-0.25, -0.2) is 0 Å². The normalized spacial score (nSPS) is 14.1. The lowest BCUT2D eigenvalue weighted by Gasteiger charge is -2.24. The number of carbonyl (C=O) groups excluding carboxylic acids is 1. The second-order valence-corrected chi connectivity index (χ2v) is 4.39. The van der Waals surface area contributed by atoms with Gasteiger partial charge in [0.25, 0.3) is 0 Å². The minimum absolute atomic E-state index is 0.0206. The molecule has 0 bridgehead atoms. The van der Waals surface area contributed by atoms with Crippen molar-refractivity contribution in [1.29, 1.82) is 0 Å². The molecule has 0 spiro atoms. The Morgan fingerprint density at radius 2 is 2.08 bits per heavy atom. The Morgan fingerprint density at radius 1 is 1.58 bits per heavy atom. The molecule has 0 aromatic rings. The SMILES string of the molecule is CCC(C)C(=O)OC(C)(C)CI. The van der Waals surface area contributed by atoms with Gasteiger partial charge < -0.3 is 4.74 Å². The molecule has 0 aliphatic heterocycles. The quantitative estimate of drug-likeness (QED) is 0.451. The molecule has 0 radical (unpaired) electrons. The van der Waals surface area contributed by atoms with Crippen LogP contribution in [0.25, 0.3) is 0 Å². The van der Waals surface area contributed by atoms with E-state index in [1.54, 1.807) is 0 Å². The average Bonchev–Trinajstić information content (AvgIpc) is 2.02. The molecule has 0 aliphatic rings. The van der Waals surface area contributed by atoms with E-state index >= 15 is 0 Å². The molecule has 1 atom stereocenters. The van der Waals surface area contributed by atoms with E-state index < -0.39 is 0 Å². The first kappa shape index (κ1) is 12.2. The molecule has 0 fully saturated rings. The molecule has 2 nitrogen and oxygen atoms in total. The number of halogens is 1. The van der Waals surface area contributed by atoms with Gasteiger partial charge in [-0.05, 0) is 20.3 Å². The van der Waals surface area contributed by atoms with Crippen LogP contribution in [0, 0.1) is 5.92 Å². The van der Waals surface area contributed by atoms with E-state index in [0.717, 1.165) is 10.8 Å². The minimum atomic E-state index is -0.318. The van der Waals surface area contributed by atoms with Crippen LogP contribution in [-0.2, 0) is 9.53 Å². The third-order valence-corrected chi connectivity index (χ3v) is 3.55. The van der Waals surface area contributed by atoms with Gasteiger partial charge in [0, 0.05) is 4.43 Å². The van der Waals surface area contributed by atoms with E-state index in [2.05, 4.69) is 22.6 Å². The molecule has 1 unspecified atom stereocenters. The van der Waals surface area contributed by atoms with Crippen molar-refractivity contribution in [2.75, 3.05) is 4.43 Å². The van der Waals surface area contributed by atoms with Gasteiger partial charge in [-0.2, -0.15) is 0 Å². The van der Waals surface area contributed by atoms with E-state index in [1.165, 1.54) is 0 Å². The average molecular weight is 284 g/mol. The maximum Gasteiger partial charge on any atom is 0.309 e. The van der Waals surface area contributed by atoms with Crippen molar-refractivity contribution in [1.82, 2.24) is 0 Å². The van der Waals surface area contributed by atoms with E-state index in [-0.39, 0.29) is 17.5 Å². The third kappa shape index (κ3) is 4.28. The zero-order valence-corrected chi connectivity index (χ0v) is 10.3. The fourth-order valence-corrected chi connectivity index (χ4v) is 0.723. The van der Waals surface area contributed by atoms with Crippen molar-refractivity contribution in [2.24, 2.45) is 5.92 Å².